The minimum absolute atomic E-state index is 0.0117. The molecule has 1 fully saturated rings. The number of hydrogen-bond acceptors (Lipinski definition) is 6. The summed E-state index contributed by atoms with van der Waals surface area (Å²) in [5.74, 6) is -2.20. The second kappa shape index (κ2) is 6.91. The van der Waals surface area contributed by atoms with Crippen molar-refractivity contribution in [3.63, 3.8) is 0 Å². The molecule has 1 N–H and O–H groups in total. The fraction of sp³-hybridized carbons (Fsp3) is 0.438. The van der Waals surface area contributed by atoms with Crippen molar-refractivity contribution >= 4 is 21.1 Å². The lowest BCUT2D eigenvalue weighted by Gasteiger charge is -2.14. The lowest BCUT2D eigenvalue weighted by atomic mass is 10.3. The van der Waals surface area contributed by atoms with Gasteiger partial charge in [0.2, 0.25) is 10.0 Å². The van der Waals surface area contributed by atoms with Gasteiger partial charge in [-0.3, -0.25) is 4.57 Å². The van der Waals surface area contributed by atoms with E-state index in [-0.39, 0.29) is 30.4 Å². The number of alkyl halides is 3. The number of sulfonamides is 1. The Labute approximate surface area is 166 Å². The molecule has 1 aliphatic carbocycles. The lowest BCUT2D eigenvalue weighted by molar-refractivity contribution is 0.115. The summed E-state index contributed by atoms with van der Waals surface area (Å²) in [5.41, 5.74) is -2.25. The molecule has 14 heteroatoms. The molecule has 0 saturated heterocycles. The molecule has 1 aliphatic rings. The molecule has 1 saturated carbocycles. The highest BCUT2D eigenvalue weighted by Gasteiger charge is 2.47. The summed E-state index contributed by atoms with van der Waals surface area (Å²) in [6.45, 7) is 0.685. The van der Waals surface area contributed by atoms with E-state index in [9.17, 15) is 30.8 Å². The Morgan fingerprint density at radius 2 is 1.97 bits per heavy atom. The number of fused-ring (bicyclic) bond motifs is 1. The summed E-state index contributed by atoms with van der Waals surface area (Å²) in [6, 6.07) is 1.05. The number of benzene rings is 1. The van der Waals surface area contributed by atoms with Crippen LogP contribution < -0.4 is 10.4 Å². The summed E-state index contributed by atoms with van der Waals surface area (Å²) >= 11 is 0. The standard InChI is InChI=1S/C16H15F4N5O4S/c1-2-24-9-5-8(18)11(30(27,28)23-16(7-17)3-4-16)6-10(9)25(15(24)26)14-22-21-13(29-14)12(19)20/h5-6,12,23H,2-4,7H2,1H3. The lowest BCUT2D eigenvalue weighted by Crippen LogP contribution is -2.38. The molecule has 0 amide bonds. The monoisotopic (exact) mass is 449 g/mol. The fourth-order valence-corrected chi connectivity index (χ4v) is 4.63. The van der Waals surface area contributed by atoms with Crippen molar-refractivity contribution in [2.24, 2.45) is 0 Å². The summed E-state index contributed by atoms with van der Waals surface area (Å²) in [7, 11) is -4.48. The van der Waals surface area contributed by atoms with Gasteiger partial charge in [-0.25, -0.2) is 31.3 Å². The van der Waals surface area contributed by atoms with Crippen molar-refractivity contribution < 1.29 is 30.4 Å². The molecule has 0 radical (unpaired) electrons. The maximum atomic E-state index is 14.7. The van der Waals surface area contributed by atoms with Crippen molar-refractivity contribution in [1.82, 2.24) is 24.1 Å². The molecule has 0 atom stereocenters. The zero-order valence-electron chi connectivity index (χ0n) is 15.4. The van der Waals surface area contributed by atoms with Crippen molar-refractivity contribution in [3.8, 4) is 6.01 Å². The topological polar surface area (TPSA) is 112 Å². The highest BCUT2D eigenvalue weighted by molar-refractivity contribution is 7.89. The van der Waals surface area contributed by atoms with E-state index in [0.29, 0.717) is 0 Å². The molecule has 0 spiro atoms. The van der Waals surface area contributed by atoms with E-state index >= 15 is 0 Å². The number of halogens is 4. The van der Waals surface area contributed by atoms with Crippen molar-refractivity contribution in [2.45, 2.75) is 43.2 Å². The van der Waals surface area contributed by atoms with Crippen LogP contribution in [0.1, 0.15) is 32.1 Å². The van der Waals surface area contributed by atoms with Gasteiger partial charge in [-0.15, -0.1) is 5.10 Å². The largest absolute Gasteiger partial charge is 0.401 e. The summed E-state index contributed by atoms with van der Waals surface area (Å²) < 4.78 is 87.5. The minimum atomic E-state index is -4.48. The highest BCUT2D eigenvalue weighted by Crippen LogP contribution is 2.37. The zero-order valence-corrected chi connectivity index (χ0v) is 16.2. The third-order valence-corrected chi connectivity index (χ3v) is 6.45. The van der Waals surface area contributed by atoms with Gasteiger partial charge < -0.3 is 4.42 Å². The van der Waals surface area contributed by atoms with Crippen molar-refractivity contribution in [2.75, 3.05) is 6.67 Å². The second-order valence-corrected chi connectivity index (χ2v) is 8.53. The van der Waals surface area contributed by atoms with Crippen LogP contribution in [0.5, 0.6) is 0 Å². The first kappa shape index (κ1) is 20.5. The molecule has 2 heterocycles. The minimum Gasteiger partial charge on any atom is -0.401 e. The Kier molecular flexibility index (Phi) is 4.73. The fourth-order valence-electron chi connectivity index (χ4n) is 3.11. The van der Waals surface area contributed by atoms with Crippen LogP contribution in [0.2, 0.25) is 0 Å². The number of nitrogens with one attached hydrogen (secondary N) is 1. The van der Waals surface area contributed by atoms with E-state index < -0.39 is 57.0 Å². The highest BCUT2D eigenvalue weighted by atomic mass is 32.2. The quantitative estimate of drug-likeness (QED) is 0.553. The van der Waals surface area contributed by atoms with Gasteiger partial charge in [0.15, 0.2) is 0 Å². The predicted molar refractivity (Wildman–Crippen MR) is 94.2 cm³/mol. The Balaban J connectivity index is 1.93. The van der Waals surface area contributed by atoms with Crippen LogP contribution in [0, 0.1) is 5.82 Å². The van der Waals surface area contributed by atoms with E-state index in [2.05, 4.69) is 14.9 Å². The summed E-state index contributed by atoms with van der Waals surface area (Å²) in [5, 5.41) is 6.56. The Hall–Kier alpha value is -2.74. The average Bonchev–Trinajstić information content (AvgIpc) is 3.16. The van der Waals surface area contributed by atoms with Gasteiger partial charge in [0, 0.05) is 12.6 Å². The van der Waals surface area contributed by atoms with Gasteiger partial charge in [-0.05, 0) is 25.8 Å². The Morgan fingerprint density at radius 1 is 1.27 bits per heavy atom. The molecular weight excluding hydrogens is 434 g/mol. The van der Waals surface area contributed by atoms with Gasteiger partial charge >= 0.3 is 18.1 Å². The van der Waals surface area contributed by atoms with E-state index in [0.717, 1.165) is 21.3 Å². The van der Waals surface area contributed by atoms with Crippen LogP contribution in [0.4, 0.5) is 17.6 Å². The molecule has 0 aliphatic heterocycles. The van der Waals surface area contributed by atoms with Crippen LogP contribution in [0.25, 0.3) is 17.0 Å². The SMILES string of the molecule is CCn1c(=O)n(-c2nnc(C(F)F)o2)c2cc(S(=O)(=O)NC3(CF)CC3)c(F)cc21. The zero-order chi connectivity index (χ0) is 21.8. The molecule has 0 bridgehead atoms. The average molecular weight is 449 g/mol. The normalized spacial score (nSPS) is 15.9. The number of aromatic nitrogens is 4. The smallest absolute Gasteiger partial charge is 0.337 e. The molecule has 2 aromatic heterocycles. The number of hydrogen-bond donors (Lipinski definition) is 1. The summed E-state index contributed by atoms with van der Waals surface area (Å²) in [6.07, 6.45) is -2.56. The van der Waals surface area contributed by atoms with E-state index in [1.165, 1.54) is 0 Å². The van der Waals surface area contributed by atoms with Crippen LogP contribution in [0.15, 0.2) is 26.2 Å². The van der Waals surface area contributed by atoms with Gasteiger partial charge in [0.05, 0.1) is 16.6 Å². The van der Waals surface area contributed by atoms with E-state index in [1.807, 2.05) is 0 Å². The van der Waals surface area contributed by atoms with Gasteiger partial charge in [-0.1, -0.05) is 5.10 Å². The van der Waals surface area contributed by atoms with Crippen LogP contribution >= 0.6 is 0 Å². The maximum absolute atomic E-state index is 14.7. The molecule has 162 valence electrons. The second-order valence-electron chi connectivity index (χ2n) is 6.88. The molecule has 0 unspecified atom stereocenters. The van der Waals surface area contributed by atoms with Gasteiger partial charge in [-0.2, -0.15) is 8.78 Å². The Morgan fingerprint density at radius 3 is 2.50 bits per heavy atom. The van der Waals surface area contributed by atoms with E-state index in [4.69, 9.17) is 4.42 Å². The van der Waals surface area contributed by atoms with Crippen molar-refractivity contribution in [3.05, 3.63) is 34.3 Å². The van der Waals surface area contributed by atoms with Crippen molar-refractivity contribution in [1.29, 1.82) is 0 Å². The first-order valence-electron chi connectivity index (χ1n) is 8.79. The maximum Gasteiger partial charge on any atom is 0.337 e. The number of aryl methyl sites for hydroxylation is 1. The molecule has 3 aromatic rings. The first-order chi connectivity index (χ1) is 14.1. The first-order valence-corrected chi connectivity index (χ1v) is 10.3. The van der Waals surface area contributed by atoms with Gasteiger partial charge in [0.1, 0.15) is 17.4 Å². The van der Waals surface area contributed by atoms with E-state index in [1.54, 1.807) is 6.92 Å². The van der Waals surface area contributed by atoms with Crippen LogP contribution in [0.3, 0.4) is 0 Å². The molecule has 4 rings (SSSR count). The molecule has 9 nitrogen and oxygen atoms in total. The third kappa shape index (κ3) is 3.19. The number of nitrogens with zero attached hydrogens (tertiary/aromatic N) is 4. The predicted octanol–water partition coefficient (Wildman–Crippen LogP) is 2.05. The number of imidazole rings is 1. The molecule has 30 heavy (non-hydrogen) atoms. The molecular formula is C16H15F4N5O4S. The Bertz CT molecular complexity index is 1290. The van der Waals surface area contributed by atoms with Crippen LogP contribution in [-0.4, -0.2) is 40.0 Å². The van der Waals surface area contributed by atoms with Crippen LogP contribution in [-0.2, 0) is 16.6 Å². The summed E-state index contributed by atoms with van der Waals surface area (Å²) in [4.78, 5) is 11.9. The third-order valence-electron chi connectivity index (χ3n) is 4.86. The number of rotatable bonds is 7. The van der Waals surface area contributed by atoms with Gasteiger partial charge in [0.25, 0.3) is 5.89 Å². The molecule has 1 aromatic carbocycles.